The molecule has 0 aliphatic heterocycles. The molecule has 0 aromatic rings. The molecule has 0 radical (unpaired) electrons. The molecule has 1 N–H and O–H groups in total. The molecule has 100 valence electrons. The first kappa shape index (κ1) is 15.9. The predicted octanol–water partition coefficient (Wildman–Crippen LogP) is 1.37. The van der Waals surface area contributed by atoms with Crippen molar-refractivity contribution in [2.24, 2.45) is 5.92 Å². The van der Waals surface area contributed by atoms with E-state index in [2.05, 4.69) is 0 Å². The summed E-state index contributed by atoms with van der Waals surface area (Å²) in [5, 5.41) is 8.78. The van der Waals surface area contributed by atoms with Gasteiger partial charge in [0, 0.05) is 13.7 Å². The number of hydrogen-bond acceptors (Lipinski definition) is 3. The first-order chi connectivity index (χ1) is 7.68. The van der Waals surface area contributed by atoms with Gasteiger partial charge >= 0.3 is 5.97 Å². The van der Waals surface area contributed by atoms with Crippen LogP contribution in [0.3, 0.4) is 0 Å². The van der Waals surface area contributed by atoms with Crippen molar-refractivity contribution in [2.75, 3.05) is 20.2 Å². The smallest absolute Gasteiger partial charge is 0.323 e. The lowest BCUT2D eigenvalue weighted by molar-refractivity contribution is -0.147. The zero-order chi connectivity index (χ0) is 13.6. The molecule has 0 saturated heterocycles. The maximum absolute atomic E-state index is 12.0. The van der Waals surface area contributed by atoms with E-state index in [4.69, 9.17) is 9.84 Å². The highest BCUT2D eigenvalue weighted by atomic mass is 16.5. The topological polar surface area (TPSA) is 66.8 Å². The lowest BCUT2D eigenvalue weighted by Crippen LogP contribution is -2.41. The number of aliphatic carboxylic acids is 1. The Labute approximate surface area is 103 Å². The van der Waals surface area contributed by atoms with Crippen LogP contribution in [0.15, 0.2) is 0 Å². The number of nitrogens with zero attached hydrogens (tertiary/aromatic N) is 1. The molecule has 0 bridgehead atoms. The standard InChI is InChI=1S/C12H23NO4/c1-9(2)7-13(8-11(15)16)10(14)6-12(3,4)17-5/h9H,6-8H2,1-5H3,(H,15,16). The highest BCUT2D eigenvalue weighted by molar-refractivity contribution is 5.82. The molecule has 0 saturated carbocycles. The van der Waals surface area contributed by atoms with Crippen LogP contribution in [0.1, 0.15) is 34.1 Å². The quantitative estimate of drug-likeness (QED) is 0.735. The van der Waals surface area contributed by atoms with Crippen LogP contribution in [0, 0.1) is 5.92 Å². The van der Waals surface area contributed by atoms with Gasteiger partial charge in [-0.3, -0.25) is 9.59 Å². The largest absolute Gasteiger partial charge is 0.480 e. The van der Waals surface area contributed by atoms with E-state index in [9.17, 15) is 9.59 Å². The number of hydrogen-bond donors (Lipinski definition) is 1. The average molecular weight is 245 g/mol. The summed E-state index contributed by atoms with van der Waals surface area (Å²) in [7, 11) is 1.54. The van der Waals surface area contributed by atoms with Crippen molar-refractivity contribution < 1.29 is 19.4 Å². The number of carbonyl (C=O) groups is 2. The van der Waals surface area contributed by atoms with Crippen molar-refractivity contribution in [3.8, 4) is 0 Å². The van der Waals surface area contributed by atoms with E-state index in [1.165, 1.54) is 12.0 Å². The summed E-state index contributed by atoms with van der Waals surface area (Å²) in [5.74, 6) is -0.939. The molecule has 5 nitrogen and oxygen atoms in total. The number of carboxylic acids is 1. The molecule has 1 amide bonds. The van der Waals surface area contributed by atoms with Crippen LogP contribution in [0.25, 0.3) is 0 Å². The minimum atomic E-state index is -0.991. The second-order valence-electron chi connectivity index (χ2n) is 5.20. The van der Waals surface area contributed by atoms with Crippen molar-refractivity contribution in [2.45, 2.75) is 39.7 Å². The molecule has 17 heavy (non-hydrogen) atoms. The van der Waals surface area contributed by atoms with Crippen molar-refractivity contribution in [1.82, 2.24) is 4.90 Å². The second-order valence-corrected chi connectivity index (χ2v) is 5.20. The van der Waals surface area contributed by atoms with Crippen LogP contribution in [0.2, 0.25) is 0 Å². The fourth-order valence-corrected chi connectivity index (χ4v) is 1.41. The van der Waals surface area contributed by atoms with E-state index in [0.29, 0.717) is 6.54 Å². The highest BCUT2D eigenvalue weighted by Gasteiger charge is 2.26. The van der Waals surface area contributed by atoms with E-state index >= 15 is 0 Å². The van der Waals surface area contributed by atoms with Gasteiger partial charge in [-0.25, -0.2) is 0 Å². The molecule has 0 aliphatic rings. The van der Waals surface area contributed by atoms with Gasteiger partial charge in [0.25, 0.3) is 0 Å². The minimum absolute atomic E-state index is 0.184. The summed E-state index contributed by atoms with van der Waals surface area (Å²) in [6, 6.07) is 0. The highest BCUT2D eigenvalue weighted by Crippen LogP contribution is 2.15. The fourth-order valence-electron chi connectivity index (χ4n) is 1.41. The Morgan fingerprint density at radius 2 is 1.88 bits per heavy atom. The van der Waals surface area contributed by atoms with E-state index in [0.717, 1.165) is 0 Å². The lowest BCUT2D eigenvalue weighted by Gasteiger charge is -2.28. The molecule has 0 spiro atoms. The molecule has 0 aliphatic carbocycles. The molecule has 0 rings (SSSR count). The van der Waals surface area contributed by atoms with Crippen LogP contribution in [-0.4, -0.2) is 47.7 Å². The third-order valence-corrected chi connectivity index (χ3v) is 2.39. The first-order valence-electron chi connectivity index (χ1n) is 5.72. The van der Waals surface area contributed by atoms with Crippen LogP contribution in [0.5, 0.6) is 0 Å². The van der Waals surface area contributed by atoms with Gasteiger partial charge in [-0.05, 0) is 19.8 Å². The summed E-state index contributed by atoms with van der Waals surface area (Å²) < 4.78 is 5.17. The Bertz CT molecular complexity index is 274. The first-order valence-corrected chi connectivity index (χ1v) is 5.72. The Morgan fingerprint density at radius 1 is 1.35 bits per heavy atom. The summed E-state index contributed by atoms with van der Waals surface area (Å²) in [4.78, 5) is 24.0. The number of amides is 1. The Morgan fingerprint density at radius 3 is 2.24 bits per heavy atom. The molecule has 0 aromatic carbocycles. The molecular formula is C12H23NO4. The number of carbonyl (C=O) groups excluding carboxylic acids is 1. The van der Waals surface area contributed by atoms with Gasteiger partial charge in [0.15, 0.2) is 0 Å². The van der Waals surface area contributed by atoms with E-state index in [1.807, 2.05) is 13.8 Å². The Hall–Kier alpha value is -1.10. The summed E-state index contributed by atoms with van der Waals surface area (Å²) in [6.07, 6.45) is 0.184. The van der Waals surface area contributed by atoms with E-state index in [1.54, 1.807) is 13.8 Å². The number of methoxy groups -OCH3 is 1. The summed E-state index contributed by atoms with van der Waals surface area (Å²) in [5.41, 5.74) is -0.565. The summed E-state index contributed by atoms with van der Waals surface area (Å²) >= 11 is 0. The van der Waals surface area contributed by atoms with Crippen molar-refractivity contribution >= 4 is 11.9 Å². The molecule has 0 aromatic heterocycles. The van der Waals surface area contributed by atoms with Crippen LogP contribution < -0.4 is 0 Å². The van der Waals surface area contributed by atoms with Crippen molar-refractivity contribution in [3.05, 3.63) is 0 Å². The maximum Gasteiger partial charge on any atom is 0.323 e. The normalized spacial score (nSPS) is 11.6. The number of carboxylic acid groups (broad SMARTS) is 1. The van der Waals surface area contributed by atoms with Crippen LogP contribution in [0.4, 0.5) is 0 Å². The van der Waals surface area contributed by atoms with Crippen LogP contribution in [-0.2, 0) is 14.3 Å². The zero-order valence-corrected chi connectivity index (χ0v) is 11.3. The maximum atomic E-state index is 12.0. The zero-order valence-electron chi connectivity index (χ0n) is 11.3. The molecule has 0 heterocycles. The van der Waals surface area contributed by atoms with E-state index < -0.39 is 11.6 Å². The van der Waals surface area contributed by atoms with Crippen molar-refractivity contribution in [1.29, 1.82) is 0 Å². The average Bonchev–Trinajstić information content (AvgIpc) is 2.14. The molecule has 5 heteroatoms. The third kappa shape index (κ3) is 6.94. The van der Waals surface area contributed by atoms with Gasteiger partial charge in [-0.2, -0.15) is 0 Å². The number of rotatable bonds is 7. The van der Waals surface area contributed by atoms with Gasteiger partial charge in [0.05, 0.1) is 12.0 Å². The SMILES string of the molecule is COC(C)(C)CC(=O)N(CC(=O)O)CC(C)C. The van der Waals surface area contributed by atoms with Crippen molar-refractivity contribution in [3.63, 3.8) is 0 Å². The molecule has 0 atom stereocenters. The van der Waals surface area contributed by atoms with E-state index in [-0.39, 0.29) is 24.8 Å². The third-order valence-electron chi connectivity index (χ3n) is 2.39. The fraction of sp³-hybridized carbons (Fsp3) is 0.833. The van der Waals surface area contributed by atoms with Crippen LogP contribution >= 0.6 is 0 Å². The monoisotopic (exact) mass is 245 g/mol. The molecule has 0 unspecified atom stereocenters. The predicted molar refractivity (Wildman–Crippen MR) is 64.8 cm³/mol. The van der Waals surface area contributed by atoms with Gasteiger partial charge in [-0.15, -0.1) is 0 Å². The second kappa shape index (κ2) is 6.59. The van der Waals surface area contributed by atoms with Gasteiger partial charge in [-0.1, -0.05) is 13.8 Å². The minimum Gasteiger partial charge on any atom is -0.480 e. The molecule has 0 fully saturated rings. The van der Waals surface area contributed by atoms with Gasteiger partial charge in [0.2, 0.25) is 5.91 Å². The Balaban J connectivity index is 4.57. The van der Waals surface area contributed by atoms with Gasteiger partial charge < -0.3 is 14.7 Å². The summed E-state index contributed by atoms with van der Waals surface area (Å²) in [6.45, 7) is 7.70. The number of ether oxygens (including phenoxy) is 1. The Kier molecular flexibility index (Phi) is 6.16. The van der Waals surface area contributed by atoms with Gasteiger partial charge in [0.1, 0.15) is 6.54 Å². The molecular weight excluding hydrogens is 222 g/mol. The lowest BCUT2D eigenvalue weighted by atomic mass is 10.0.